The predicted octanol–water partition coefficient (Wildman–Crippen LogP) is 5.88. The Hall–Kier alpha value is -2.75. The number of hydrogen-bond donors (Lipinski definition) is 2. The molecule has 4 fully saturated rings. The maximum Gasteiger partial charge on any atom is 0.193 e. The maximum atomic E-state index is 17.6. The fourth-order valence-electron chi connectivity index (χ4n) is 9.56. The lowest BCUT2D eigenvalue weighted by Gasteiger charge is -2.63. The maximum absolute atomic E-state index is 17.6. The van der Waals surface area contributed by atoms with Gasteiger partial charge >= 0.3 is 0 Å². The summed E-state index contributed by atoms with van der Waals surface area (Å²) < 4.78 is 46.4. The van der Waals surface area contributed by atoms with Crippen LogP contribution in [0.3, 0.4) is 0 Å². The van der Waals surface area contributed by atoms with Crippen LogP contribution < -0.4 is 0 Å². The van der Waals surface area contributed by atoms with Crippen LogP contribution in [0.2, 0.25) is 5.02 Å². The summed E-state index contributed by atoms with van der Waals surface area (Å²) in [5, 5.41) is 22.6. The third kappa shape index (κ3) is 4.12. The van der Waals surface area contributed by atoms with Crippen molar-refractivity contribution in [2.45, 2.75) is 82.4 Å². The van der Waals surface area contributed by atoms with E-state index in [1.54, 1.807) is 6.92 Å². The van der Waals surface area contributed by atoms with Crippen LogP contribution in [0.25, 0.3) is 0 Å². The summed E-state index contributed by atoms with van der Waals surface area (Å²) in [6.45, 7) is 4.45. The third-order valence-corrected chi connectivity index (χ3v) is 12.2. The molecule has 1 heterocycles. The van der Waals surface area contributed by atoms with E-state index in [0.717, 1.165) is 22.8 Å². The topological polar surface area (TPSA) is 93.1 Å². The first kappa shape index (κ1) is 30.9. The van der Waals surface area contributed by atoms with E-state index < -0.39 is 76.8 Å². The first-order valence-corrected chi connectivity index (χ1v) is 15.9. The highest BCUT2D eigenvalue weighted by atomic mass is 35.5. The number of carbonyl (C=O) groups is 2. The molecule has 7 rings (SSSR count). The Morgan fingerprint density at radius 3 is 2.49 bits per heavy atom. The van der Waals surface area contributed by atoms with Gasteiger partial charge in [0.05, 0.1) is 12.2 Å². The molecule has 0 aromatic heterocycles. The van der Waals surface area contributed by atoms with Crippen LogP contribution >= 0.6 is 11.6 Å². The van der Waals surface area contributed by atoms with Crippen LogP contribution in [0, 0.1) is 29.6 Å². The van der Waals surface area contributed by atoms with E-state index in [-0.39, 0.29) is 24.8 Å². The first-order chi connectivity index (χ1) is 21.3. The summed E-state index contributed by atoms with van der Waals surface area (Å²) in [5.74, 6) is -2.60. The third-order valence-electron chi connectivity index (χ3n) is 11.8. The van der Waals surface area contributed by atoms with Crippen molar-refractivity contribution in [3.8, 4) is 0 Å². The summed E-state index contributed by atoms with van der Waals surface area (Å²) >= 11 is 6.17. The van der Waals surface area contributed by atoms with E-state index >= 15 is 8.78 Å². The van der Waals surface area contributed by atoms with Crippen molar-refractivity contribution in [2.75, 3.05) is 6.61 Å². The molecule has 238 valence electrons. The number of ether oxygens (including phenoxy) is 2. The van der Waals surface area contributed by atoms with Crippen LogP contribution in [0.1, 0.15) is 61.7 Å². The van der Waals surface area contributed by atoms with E-state index in [4.69, 9.17) is 21.1 Å². The van der Waals surface area contributed by atoms with E-state index in [2.05, 4.69) is 0 Å². The molecule has 4 aliphatic carbocycles. The van der Waals surface area contributed by atoms with Crippen molar-refractivity contribution in [2.24, 2.45) is 22.7 Å². The summed E-state index contributed by atoms with van der Waals surface area (Å²) in [5.41, 5.74) is -2.76. The number of fused-ring (bicyclic) bond motifs is 7. The Morgan fingerprint density at radius 1 is 1.09 bits per heavy atom. The predicted molar refractivity (Wildman–Crippen MR) is 163 cm³/mol. The highest BCUT2D eigenvalue weighted by Crippen LogP contribution is 2.72. The first-order valence-electron chi connectivity index (χ1n) is 15.6. The number of allylic oxidation sites excluding steroid dienone is 4. The van der Waals surface area contributed by atoms with Gasteiger partial charge in [-0.25, -0.2) is 8.78 Å². The molecule has 2 aromatic rings. The standard InChI is InChI=1S/C36H37ClF2O6/c1-19-12-21(6-9-27(19)37)13-20-4-7-22(8-5-20)32-44-31-16-24-25-15-28(38)26-14-23(41)10-11-33(26,2)35(25,39)29(42)17-34(24,3)36(31,45-32)30(43)18-40/h4-12,14,24-25,28-29,31-32,40,42H,13,15-18H2,1-3H3/t24-,25-,28-,29-,31+,32-,33-,34-,35-,36+/m0/s1. The van der Waals surface area contributed by atoms with Crippen LogP contribution in [-0.2, 0) is 25.5 Å². The van der Waals surface area contributed by atoms with Crippen LogP contribution in [0.15, 0.2) is 66.3 Å². The van der Waals surface area contributed by atoms with E-state index in [1.165, 1.54) is 19.1 Å². The fraction of sp³-hybridized carbons (Fsp3) is 0.500. The van der Waals surface area contributed by atoms with Crippen molar-refractivity contribution in [3.63, 3.8) is 0 Å². The van der Waals surface area contributed by atoms with Gasteiger partial charge in [-0.15, -0.1) is 0 Å². The molecule has 0 radical (unpaired) electrons. The number of hydrogen-bond acceptors (Lipinski definition) is 6. The Balaban J connectivity index is 1.20. The molecule has 5 aliphatic rings. The van der Waals surface area contributed by atoms with Gasteiger partial charge in [0.1, 0.15) is 12.8 Å². The van der Waals surface area contributed by atoms with Crippen LogP contribution in [-0.4, -0.2) is 58.0 Å². The largest absolute Gasteiger partial charge is 0.390 e. The lowest BCUT2D eigenvalue weighted by molar-refractivity contribution is -0.235. The number of alkyl halides is 2. The minimum absolute atomic E-state index is 0.0398. The van der Waals surface area contributed by atoms with Crippen molar-refractivity contribution >= 4 is 23.2 Å². The molecule has 9 heteroatoms. The van der Waals surface area contributed by atoms with Crippen LogP contribution in [0.4, 0.5) is 8.78 Å². The van der Waals surface area contributed by atoms with Crippen molar-refractivity contribution in [1.82, 2.24) is 0 Å². The minimum atomic E-state index is -2.29. The quantitative estimate of drug-likeness (QED) is 0.425. The van der Waals surface area contributed by atoms with E-state index in [0.29, 0.717) is 17.0 Å². The van der Waals surface area contributed by atoms with Gasteiger partial charge in [-0.2, -0.15) is 0 Å². The van der Waals surface area contributed by atoms with Crippen molar-refractivity contribution < 1.29 is 38.1 Å². The normalized spacial score (nSPS) is 41.6. The zero-order valence-electron chi connectivity index (χ0n) is 25.4. The van der Waals surface area contributed by atoms with Gasteiger partial charge < -0.3 is 19.7 Å². The molecule has 0 spiro atoms. The summed E-state index contributed by atoms with van der Waals surface area (Å²) in [6, 6.07) is 13.6. The average molecular weight is 639 g/mol. The molecule has 0 amide bonds. The number of aryl methyl sites for hydroxylation is 1. The van der Waals surface area contributed by atoms with Gasteiger partial charge in [-0.3, -0.25) is 9.59 Å². The van der Waals surface area contributed by atoms with Crippen molar-refractivity contribution in [1.29, 1.82) is 0 Å². The average Bonchev–Trinajstić information content (AvgIpc) is 3.51. The molecule has 10 atom stereocenters. The molecule has 2 aromatic carbocycles. The number of halogens is 3. The number of aliphatic hydroxyl groups is 2. The van der Waals surface area contributed by atoms with Gasteiger partial charge in [0, 0.05) is 27.3 Å². The van der Waals surface area contributed by atoms with E-state index in [1.807, 2.05) is 49.4 Å². The Morgan fingerprint density at radius 2 is 1.80 bits per heavy atom. The molecule has 6 nitrogen and oxygen atoms in total. The molecule has 1 aliphatic heterocycles. The zero-order chi connectivity index (χ0) is 32.1. The lowest BCUT2D eigenvalue weighted by atomic mass is 9.44. The van der Waals surface area contributed by atoms with Gasteiger partial charge in [0.2, 0.25) is 0 Å². The molecule has 2 N–H and O–H groups in total. The number of ketones is 2. The van der Waals surface area contributed by atoms with Crippen LogP contribution in [0.5, 0.6) is 0 Å². The molecule has 0 unspecified atom stereocenters. The fourth-order valence-corrected chi connectivity index (χ4v) is 9.68. The number of aliphatic hydroxyl groups excluding tert-OH is 2. The monoisotopic (exact) mass is 638 g/mol. The Labute approximate surface area is 266 Å². The molecular weight excluding hydrogens is 602 g/mol. The second kappa shape index (κ2) is 10.4. The van der Waals surface area contributed by atoms with Gasteiger partial charge in [-0.1, -0.05) is 61.0 Å². The smallest absolute Gasteiger partial charge is 0.193 e. The zero-order valence-corrected chi connectivity index (χ0v) is 26.2. The molecule has 0 bridgehead atoms. The molecule has 1 saturated heterocycles. The second-order valence-electron chi connectivity index (χ2n) is 14.0. The summed E-state index contributed by atoms with van der Waals surface area (Å²) in [6.07, 6.45) is -0.696. The highest BCUT2D eigenvalue weighted by molar-refractivity contribution is 6.31. The SMILES string of the molecule is Cc1cc(Cc2ccc([C@H]3O[C@@H]4C[C@H]5[C@@H]6C[C@H](F)C7=CC(=O)C=C[C@]7(C)[C@@]6(F)[C@@H](O)C[C@]5(C)[C@]4(C(=O)CO)O3)cc2)ccc1Cl. The number of carbonyl (C=O) groups excluding carboxylic acids is 2. The van der Waals surface area contributed by atoms with Gasteiger partial charge in [0.15, 0.2) is 29.1 Å². The highest BCUT2D eigenvalue weighted by Gasteiger charge is 2.80. The number of Topliss-reactive ketones (excluding diaryl/α,β-unsaturated/α-hetero) is 1. The van der Waals surface area contributed by atoms with Gasteiger partial charge in [0.25, 0.3) is 0 Å². The summed E-state index contributed by atoms with van der Waals surface area (Å²) in [7, 11) is 0. The van der Waals surface area contributed by atoms with Gasteiger partial charge in [-0.05, 0) is 85.9 Å². The van der Waals surface area contributed by atoms with Crippen molar-refractivity contribution in [3.05, 3.63) is 93.5 Å². The Bertz CT molecular complexity index is 1640. The molecule has 45 heavy (non-hydrogen) atoms. The second-order valence-corrected chi connectivity index (χ2v) is 14.4. The molecule has 3 saturated carbocycles. The molecular formula is C36H37ClF2O6. The Kier molecular flexibility index (Phi) is 7.12. The number of rotatable bonds is 5. The lowest BCUT2D eigenvalue weighted by Crippen LogP contribution is -2.70. The minimum Gasteiger partial charge on any atom is -0.390 e. The summed E-state index contributed by atoms with van der Waals surface area (Å²) in [4.78, 5) is 25.9. The van der Waals surface area contributed by atoms with E-state index in [9.17, 15) is 19.8 Å². The number of benzene rings is 2.